The SMILES string of the molecule is COc1cccc(C#CCOc2nsnc2[C@@H]2CN3CCC[C@H]2C3)c1. The Morgan fingerprint density at radius 3 is 3.16 bits per heavy atom. The lowest BCUT2D eigenvalue weighted by Gasteiger charge is -2.21. The second kappa shape index (κ2) is 7.42. The summed E-state index contributed by atoms with van der Waals surface area (Å²) >= 11 is 1.24. The average Bonchev–Trinajstić information content (AvgIpc) is 3.22. The molecule has 2 saturated heterocycles. The standard InChI is InChI=1S/C19H21N3O2S/c1-23-16-8-2-5-14(11-16)6-4-10-24-19-18(20-25-21-19)17-13-22-9-3-7-15(17)12-22/h2,5,8,11,15,17H,3,7,9-10,12-13H2,1H3/t15-,17+/m0/s1. The number of fused-ring (bicyclic) bond motifs is 2. The molecule has 2 aromatic rings. The minimum absolute atomic E-state index is 0.316. The lowest BCUT2D eigenvalue weighted by atomic mass is 9.89. The first kappa shape index (κ1) is 16.4. The minimum atomic E-state index is 0.316. The van der Waals surface area contributed by atoms with Gasteiger partial charge in [0.25, 0.3) is 0 Å². The fourth-order valence-electron chi connectivity index (χ4n) is 3.78. The fraction of sp³-hybridized carbons (Fsp3) is 0.474. The number of methoxy groups -OCH3 is 1. The number of hydrogen-bond acceptors (Lipinski definition) is 6. The zero-order valence-electron chi connectivity index (χ0n) is 14.3. The topological polar surface area (TPSA) is 47.5 Å². The Hall–Kier alpha value is -2.10. The summed E-state index contributed by atoms with van der Waals surface area (Å²) in [5.41, 5.74) is 1.94. The Morgan fingerprint density at radius 2 is 2.28 bits per heavy atom. The summed E-state index contributed by atoms with van der Waals surface area (Å²) in [6, 6.07) is 7.71. The molecule has 25 heavy (non-hydrogen) atoms. The van der Waals surface area contributed by atoms with Crippen LogP contribution in [0.25, 0.3) is 0 Å². The Kier molecular flexibility index (Phi) is 4.86. The van der Waals surface area contributed by atoms with E-state index in [4.69, 9.17) is 9.47 Å². The van der Waals surface area contributed by atoms with Gasteiger partial charge in [0, 0.05) is 24.6 Å². The van der Waals surface area contributed by atoms with Gasteiger partial charge >= 0.3 is 0 Å². The van der Waals surface area contributed by atoms with Crippen LogP contribution in [-0.4, -0.2) is 47.0 Å². The van der Waals surface area contributed by atoms with Crippen LogP contribution in [0.4, 0.5) is 0 Å². The summed E-state index contributed by atoms with van der Waals surface area (Å²) in [7, 11) is 1.65. The van der Waals surface area contributed by atoms with E-state index in [1.54, 1.807) is 7.11 Å². The van der Waals surface area contributed by atoms with Crippen LogP contribution in [0.3, 0.4) is 0 Å². The van der Waals surface area contributed by atoms with Crippen molar-refractivity contribution in [2.45, 2.75) is 18.8 Å². The average molecular weight is 355 g/mol. The van der Waals surface area contributed by atoms with E-state index in [2.05, 4.69) is 25.5 Å². The van der Waals surface area contributed by atoms with Crippen LogP contribution in [0.1, 0.15) is 30.0 Å². The van der Waals surface area contributed by atoms with Crippen molar-refractivity contribution < 1.29 is 9.47 Å². The van der Waals surface area contributed by atoms with Crippen LogP contribution < -0.4 is 9.47 Å². The first-order chi connectivity index (χ1) is 12.3. The summed E-state index contributed by atoms with van der Waals surface area (Å²) in [5.74, 6) is 8.79. The number of hydrogen-bond donors (Lipinski definition) is 0. The predicted octanol–water partition coefficient (Wildman–Crippen LogP) is 2.79. The zero-order chi connectivity index (χ0) is 17.1. The number of rotatable bonds is 4. The molecular weight excluding hydrogens is 334 g/mol. The molecule has 3 atom stereocenters. The fourth-order valence-corrected chi connectivity index (χ4v) is 4.34. The van der Waals surface area contributed by atoms with Crippen LogP contribution in [0.5, 0.6) is 11.6 Å². The van der Waals surface area contributed by atoms with Gasteiger partial charge in [0.05, 0.1) is 18.8 Å². The van der Waals surface area contributed by atoms with Crippen molar-refractivity contribution in [3.63, 3.8) is 0 Å². The maximum atomic E-state index is 5.83. The second-order valence-electron chi connectivity index (χ2n) is 6.55. The molecule has 2 fully saturated rings. The predicted molar refractivity (Wildman–Crippen MR) is 97.2 cm³/mol. The third-order valence-corrected chi connectivity index (χ3v) is 5.51. The van der Waals surface area contributed by atoms with Crippen LogP contribution in [0.15, 0.2) is 24.3 Å². The molecular formula is C19H21N3O2S. The maximum Gasteiger partial charge on any atom is 0.250 e. The zero-order valence-corrected chi connectivity index (χ0v) is 15.1. The van der Waals surface area contributed by atoms with Gasteiger partial charge in [-0.05, 0) is 43.5 Å². The van der Waals surface area contributed by atoms with E-state index in [0.29, 0.717) is 24.3 Å². The molecule has 4 rings (SSSR count). The Balaban J connectivity index is 1.40. The minimum Gasteiger partial charge on any atom is -0.497 e. The highest BCUT2D eigenvalue weighted by Gasteiger charge is 2.39. The monoisotopic (exact) mass is 355 g/mol. The van der Waals surface area contributed by atoms with E-state index in [1.165, 1.54) is 37.7 Å². The van der Waals surface area contributed by atoms with E-state index in [0.717, 1.165) is 23.6 Å². The van der Waals surface area contributed by atoms with Gasteiger partial charge in [0.2, 0.25) is 5.88 Å². The van der Waals surface area contributed by atoms with Crippen molar-refractivity contribution in [2.24, 2.45) is 5.92 Å². The Morgan fingerprint density at radius 1 is 1.32 bits per heavy atom. The molecule has 2 aliphatic heterocycles. The summed E-state index contributed by atoms with van der Waals surface area (Å²) in [6.45, 7) is 3.81. The number of nitrogens with zero attached hydrogens (tertiary/aromatic N) is 3. The summed E-state index contributed by atoms with van der Waals surface area (Å²) in [5, 5.41) is 0. The third-order valence-electron chi connectivity index (χ3n) is 4.98. The summed E-state index contributed by atoms with van der Waals surface area (Å²) in [6.07, 6.45) is 2.58. The molecule has 3 heterocycles. The van der Waals surface area contributed by atoms with Gasteiger partial charge in [0.1, 0.15) is 11.4 Å². The number of aromatic nitrogens is 2. The Bertz CT molecular complexity index is 795. The van der Waals surface area contributed by atoms with Gasteiger partial charge in [0.15, 0.2) is 6.61 Å². The van der Waals surface area contributed by atoms with Crippen molar-refractivity contribution in [2.75, 3.05) is 33.4 Å². The van der Waals surface area contributed by atoms with Gasteiger partial charge in [-0.2, -0.15) is 4.37 Å². The molecule has 0 N–H and O–H groups in total. The first-order valence-corrected chi connectivity index (χ1v) is 9.37. The van der Waals surface area contributed by atoms with E-state index >= 15 is 0 Å². The van der Waals surface area contributed by atoms with Gasteiger partial charge in [-0.1, -0.05) is 17.9 Å². The normalized spacial score (nSPS) is 24.4. The molecule has 0 radical (unpaired) electrons. The van der Waals surface area contributed by atoms with Crippen molar-refractivity contribution in [1.29, 1.82) is 0 Å². The molecule has 1 aromatic carbocycles. The van der Waals surface area contributed by atoms with Crippen molar-refractivity contribution in [3.05, 3.63) is 35.5 Å². The van der Waals surface area contributed by atoms with Gasteiger partial charge in [-0.3, -0.25) is 0 Å². The highest BCUT2D eigenvalue weighted by Crippen LogP contribution is 2.40. The van der Waals surface area contributed by atoms with E-state index in [1.807, 2.05) is 24.3 Å². The smallest absolute Gasteiger partial charge is 0.250 e. The van der Waals surface area contributed by atoms with Gasteiger partial charge in [-0.25, -0.2) is 0 Å². The highest BCUT2D eigenvalue weighted by molar-refractivity contribution is 6.99. The van der Waals surface area contributed by atoms with E-state index in [-0.39, 0.29) is 0 Å². The number of benzene rings is 1. The first-order valence-electron chi connectivity index (χ1n) is 8.64. The molecule has 0 saturated carbocycles. The summed E-state index contributed by atoms with van der Waals surface area (Å²) < 4.78 is 19.9. The molecule has 2 aliphatic rings. The summed E-state index contributed by atoms with van der Waals surface area (Å²) in [4.78, 5) is 2.53. The molecule has 5 nitrogen and oxygen atoms in total. The molecule has 0 amide bonds. The van der Waals surface area contributed by atoms with Crippen LogP contribution >= 0.6 is 11.7 Å². The molecule has 6 heteroatoms. The van der Waals surface area contributed by atoms with Crippen molar-refractivity contribution in [1.82, 2.24) is 13.6 Å². The lowest BCUT2D eigenvalue weighted by molar-refractivity contribution is 0.269. The van der Waals surface area contributed by atoms with Crippen molar-refractivity contribution in [3.8, 4) is 23.5 Å². The molecule has 0 spiro atoms. The third kappa shape index (κ3) is 3.63. The van der Waals surface area contributed by atoms with Crippen LogP contribution in [0.2, 0.25) is 0 Å². The van der Waals surface area contributed by atoms with Gasteiger partial charge in [-0.15, -0.1) is 4.37 Å². The largest absolute Gasteiger partial charge is 0.497 e. The van der Waals surface area contributed by atoms with E-state index in [9.17, 15) is 0 Å². The van der Waals surface area contributed by atoms with E-state index < -0.39 is 0 Å². The molecule has 1 aromatic heterocycles. The molecule has 0 aliphatic carbocycles. The Labute approximate surface area is 152 Å². The number of ether oxygens (including phenoxy) is 2. The van der Waals surface area contributed by atoms with Gasteiger partial charge < -0.3 is 14.4 Å². The molecule has 130 valence electrons. The quantitative estimate of drug-likeness (QED) is 0.790. The maximum absolute atomic E-state index is 5.83. The number of piperidine rings is 1. The lowest BCUT2D eigenvalue weighted by Crippen LogP contribution is -2.25. The molecule has 2 bridgehead atoms. The van der Waals surface area contributed by atoms with Crippen LogP contribution in [0, 0.1) is 17.8 Å². The second-order valence-corrected chi connectivity index (χ2v) is 7.07. The highest BCUT2D eigenvalue weighted by atomic mass is 32.1. The molecule has 1 unspecified atom stereocenters. The van der Waals surface area contributed by atoms with Crippen molar-refractivity contribution >= 4 is 11.7 Å². The van der Waals surface area contributed by atoms with Crippen LogP contribution in [-0.2, 0) is 0 Å².